The van der Waals surface area contributed by atoms with Crippen LogP contribution in [0, 0.1) is 23.2 Å². The fraction of sp³-hybridized carbons (Fsp3) is 0.593. The van der Waals surface area contributed by atoms with Crippen molar-refractivity contribution in [3.05, 3.63) is 30.0 Å². The second-order valence-corrected chi connectivity index (χ2v) is 10.6. The fourth-order valence-corrected chi connectivity index (χ4v) is 5.55. The number of amides is 2. The summed E-state index contributed by atoms with van der Waals surface area (Å²) in [5.41, 5.74) is 2.49. The normalized spacial score (nSPS) is 26.1. The van der Waals surface area contributed by atoms with Crippen molar-refractivity contribution in [2.24, 2.45) is 11.8 Å². The Bertz CT molecular complexity index is 1070. The van der Waals surface area contributed by atoms with Crippen LogP contribution in [-0.2, 0) is 9.59 Å². The highest BCUT2D eigenvalue weighted by atomic mass is 16.5. The van der Waals surface area contributed by atoms with Crippen LogP contribution in [0.4, 0.5) is 5.69 Å². The van der Waals surface area contributed by atoms with Crippen molar-refractivity contribution in [2.75, 3.05) is 39.1 Å². The lowest BCUT2D eigenvalue weighted by molar-refractivity contribution is -0.142. The van der Waals surface area contributed by atoms with Gasteiger partial charge in [0.2, 0.25) is 11.8 Å². The third kappa shape index (κ3) is 4.74. The van der Waals surface area contributed by atoms with E-state index in [2.05, 4.69) is 27.7 Å². The molecule has 8 heteroatoms. The number of likely N-dealkylation sites (N-methyl/N-ethyl adjacent to an activating group) is 1. The zero-order valence-electron chi connectivity index (χ0n) is 20.7. The first-order chi connectivity index (χ1) is 16.9. The van der Waals surface area contributed by atoms with Crippen LogP contribution >= 0.6 is 0 Å². The topological polar surface area (TPSA) is 97.7 Å². The van der Waals surface area contributed by atoms with Gasteiger partial charge in [0.25, 0.3) is 0 Å². The number of hydrogen-bond donors (Lipinski definition) is 2. The minimum absolute atomic E-state index is 0.0319. The van der Waals surface area contributed by atoms with Gasteiger partial charge < -0.3 is 25.2 Å². The predicted octanol–water partition coefficient (Wildman–Crippen LogP) is 2.97. The van der Waals surface area contributed by atoms with Crippen LogP contribution in [0.25, 0.3) is 5.57 Å². The molecule has 8 nitrogen and oxygen atoms in total. The molecule has 35 heavy (non-hydrogen) atoms. The zero-order chi connectivity index (χ0) is 24.6. The number of fused-ring (bicyclic) bond motifs is 3. The quantitative estimate of drug-likeness (QED) is 0.627. The van der Waals surface area contributed by atoms with Crippen LogP contribution in [0.3, 0.4) is 0 Å². The van der Waals surface area contributed by atoms with Crippen LogP contribution in [-0.4, -0.2) is 67.0 Å². The van der Waals surface area contributed by atoms with Gasteiger partial charge in [-0.25, -0.2) is 0 Å². The SMILES string of the molecule is CN(C)CCOc1cccc2c1NC1CCN(C(=O)[C@@H]3CCCC[C@H]3C(=O)NC3(C#N)CC3)C=C21. The molecule has 4 aliphatic rings. The molecule has 3 atom stereocenters. The Morgan fingerprint density at radius 1 is 1.23 bits per heavy atom. The predicted molar refractivity (Wildman–Crippen MR) is 133 cm³/mol. The van der Waals surface area contributed by atoms with E-state index in [1.807, 2.05) is 37.3 Å². The van der Waals surface area contributed by atoms with Gasteiger partial charge in [-0.15, -0.1) is 0 Å². The lowest BCUT2D eigenvalue weighted by Gasteiger charge is -2.35. The number of para-hydroxylation sites is 1. The molecular formula is C27H35N5O3. The number of nitrogens with zero attached hydrogens (tertiary/aromatic N) is 3. The van der Waals surface area contributed by atoms with Crippen LogP contribution in [0.15, 0.2) is 24.4 Å². The van der Waals surface area contributed by atoms with Gasteiger partial charge in [-0.2, -0.15) is 5.26 Å². The van der Waals surface area contributed by atoms with E-state index in [4.69, 9.17) is 4.74 Å². The number of rotatable bonds is 7. The molecule has 2 heterocycles. The van der Waals surface area contributed by atoms with Crippen molar-refractivity contribution >= 4 is 23.1 Å². The van der Waals surface area contributed by atoms with Crippen LogP contribution in [0.1, 0.15) is 50.5 Å². The first-order valence-corrected chi connectivity index (χ1v) is 12.8. The molecule has 0 aromatic heterocycles. The summed E-state index contributed by atoms with van der Waals surface area (Å²) in [6, 6.07) is 8.45. The van der Waals surface area contributed by atoms with E-state index in [1.165, 1.54) is 0 Å². The van der Waals surface area contributed by atoms with Gasteiger partial charge in [-0.3, -0.25) is 9.59 Å². The number of benzene rings is 1. The second kappa shape index (κ2) is 9.54. The molecule has 2 amide bonds. The summed E-state index contributed by atoms with van der Waals surface area (Å²) in [6.07, 6.45) is 7.52. The van der Waals surface area contributed by atoms with E-state index in [0.29, 0.717) is 32.4 Å². The number of nitrogens with one attached hydrogen (secondary N) is 2. The second-order valence-electron chi connectivity index (χ2n) is 10.6. The van der Waals surface area contributed by atoms with E-state index in [-0.39, 0.29) is 29.7 Å². The third-order valence-electron chi connectivity index (χ3n) is 7.81. The molecule has 0 spiro atoms. The molecular weight excluding hydrogens is 442 g/mol. The summed E-state index contributed by atoms with van der Waals surface area (Å²) in [5, 5.41) is 15.9. The Hall–Kier alpha value is -3.05. The van der Waals surface area contributed by atoms with Crippen LogP contribution in [0.2, 0.25) is 0 Å². The first kappa shape index (κ1) is 23.7. The average Bonchev–Trinajstić information content (AvgIpc) is 3.54. The van der Waals surface area contributed by atoms with Crippen molar-refractivity contribution in [1.29, 1.82) is 5.26 Å². The largest absolute Gasteiger partial charge is 0.490 e. The smallest absolute Gasteiger partial charge is 0.230 e. The summed E-state index contributed by atoms with van der Waals surface area (Å²) in [5.74, 6) is 0.0552. The number of carbonyl (C=O) groups is 2. The maximum absolute atomic E-state index is 13.7. The Balaban J connectivity index is 1.32. The molecule has 2 saturated carbocycles. The van der Waals surface area contributed by atoms with E-state index in [9.17, 15) is 14.9 Å². The van der Waals surface area contributed by atoms with Gasteiger partial charge in [0.05, 0.1) is 23.7 Å². The standard InChI is InChI=1S/C27H35N5O3/c1-31(2)14-15-35-23-9-5-8-18-21-16-32(13-10-22(21)29-24(18)23)26(34)20-7-4-3-6-19(20)25(33)30-27(17-28)11-12-27/h5,8-9,16,19-20,22,29H,3-4,6-7,10-15H2,1-2H3,(H,30,33)/t19-,20-,22?/m1/s1. The fourth-order valence-electron chi connectivity index (χ4n) is 5.55. The van der Waals surface area contributed by atoms with Crippen molar-refractivity contribution in [3.8, 4) is 11.8 Å². The molecule has 5 rings (SSSR count). The zero-order valence-corrected chi connectivity index (χ0v) is 20.7. The van der Waals surface area contributed by atoms with Crippen LogP contribution < -0.4 is 15.4 Å². The molecule has 2 aliphatic heterocycles. The number of anilines is 1. The van der Waals surface area contributed by atoms with E-state index >= 15 is 0 Å². The monoisotopic (exact) mass is 477 g/mol. The molecule has 2 fully saturated rings. The summed E-state index contributed by atoms with van der Waals surface area (Å²) < 4.78 is 6.05. The summed E-state index contributed by atoms with van der Waals surface area (Å²) >= 11 is 0. The van der Waals surface area contributed by atoms with Gasteiger partial charge in [-0.05, 0) is 52.3 Å². The lowest BCUT2D eigenvalue weighted by atomic mass is 9.77. The van der Waals surface area contributed by atoms with E-state index in [1.54, 1.807) is 0 Å². The summed E-state index contributed by atoms with van der Waals surface area (Å²) in [7, 11) is 4.05. The number of ether oxygens (including phenoxy) is 1. The number of hydrogen-bond acceptors (Lipinski definition) is 6. The van der Waals surface area contributed by atoms with Gasteiger partial charge >= 0.3 is 0 Å². The van der Waals surface area contributed by atoms with Crippen molar-refractivity contribution in [1.82, 2.24) is 15.1 Å². The lowest BCUT2D eigenvalue weighted by Crippen LogP contribution is -2.48. The third-order valence-corrected chi connectivity index (χ3v) is 7.81. The number of nitriles is 1. The molecule has 2 aliphatic carbocycles. The minimum Gasteiger partial charge on any atom is -0.490 e. The molecule has 1 aromatic carbocycles. The van der Waals surface area contributed by atoms with E-state index in [0.717, 1.165) is 54.8 Å². The molecule has 0 saturated heterocycles. The summed E-state index contributed by atoms with van der Waals surface area (Å²) in [6.45, 7) is 2.07. The Morgan fingerprint density at radius 2 is 2.00 bits per heavy atom. The maximum atomic E-state index is 13.7. The maximum Gasteiger partial charge on any atom is 0.230 e. The van der Waals surface area contributed by atoms with Gasteiger partial charge in [0.1, 0.15) is 17.9 Å². The molecule has 0 bridgehead atoms. The Labute approximate surface area is 207 Å². The molecule has 1 unspecified atom stereocenters. The highest BCUT2D eigenvalue weighted by Gasteiger charge is 2.48. The molecule has 2 N–H and O–H groups in total. The van der Waals surface area contributed by atoms with Gasteiger partial charge in [0, 0.05) is 36.3 Å². The number of carbonyl (C=O) groups excluding carboxylic acids is 2. The highest BCUT2D eigenvalue weighted by Crippen LogP contribution is 2.44. The summed E-state index contributed by atoms with van der Waals surface area (Å²) in [4.78, 5) is 30.6. The molecule has 186 valence electrons. The van der Waals surface area contributed by atoms with Crippen molar-refractivity contribution in [2.45, 2.75) is 56.5 Å². The Morgan fingerprint density at radius 3 is 2.71 bits per heavy atom. The van der Waals surface area contributed by atoms with Crippen molar-refractivity contribution < 1.29 is 14.3 Å². The molecule has 0 radical (unpaired) electrons. The van der Waals surface area contributed by atoms with Gasteiger partial charge in [-0.1, -0.05) is 25.0 Å². The van der Waals surface area contributed by atoms with E-state index < -0.39 is 5.54 Å². The van der Waals surface area contributed by atoms with Crippen molar-refractivity contribution in [3.63, 3.8) is 0 Å². The molecule has 1 aromatic rings. The average molecular weight is 478 g/mol. The highest BCUT2D eigenvalue weighted by molar-refractivity contribution is 5.93. The van der Waals surface area contributed by atoms with Crippen LogP contribution in [0.5, 0.6) is 5.75 Å². The first-order valence-electron chi connectivity index (χ1n) is 12.8. The minimum atomic E-state index is -0.700. The Kier molecular flexibility index (Phi) is 6.45. The van der Waals surface area contributed by atoms with Gasteiger partial charge in [0.15, 0.2) is 0 Å².